The monoisotopic (exact) mass is 266 g/mol. The first-order chi connectivity index (χ1) is 8.90. The van der Waals surface area contributed by atoms with Crippen molar-refractivity contribution in [3.05, 3.63) is 29.1 Å². The quantitative estimate of drug-likeness (QED) is 0.864. The minimum atomic E-state index is -0.239. The van der Waals surface area contributed by atoms with Crippen molar-refractivity contribution in [1.82, 2.24) is 0 Å². The molecule has 1 aliphatic rings. The third-order valence-electron chi connectivity index (χ3n) is 4.00. The van der Waals surface area contributed by atoms with Crippen LogP contribution in [0.5, 0.6) is 0 Å². The smallest absolute Gasteiger partial charge is 0.126 e. The van der Waals surface area contributed by atoms with E-state index in [1.165, 1.54) is 0 Å². The van der Waals surface area contributed by atoms with Crippen LogP contribution in [0.4, 0.5) is 10.1 Å². The van der Waals surface area contributed by atoms with Gasteiger partial charge in [-0.25, -0.2) is 4.39 Å². The topological polar surface area (TPSA) is 49.5 Å². The zero-order valence-corrected chi connectivity index (χ0v) is 11.9. The maximum Gasteiger partial charge on any atom is 0.126 e. The summed E-state index contributed by atoms with van der Waals surface area (Å²) in [5.74, 6) is 0.0150. The third-order valence-corrected chi connectivity index (χ3v) is 4.00. The van der Waals surface area contributed by atoms with Crippen LogP contribution in [0.25, 0.3) is 0 Å². The Kier molecular flexibility index (Phi) is 4.11. The van der Waals surface area contributed by atoms with Gasteiger partial charge in [0.2, 0.25) is 0 Å². The molecule has 2 rings (SSSR count). The van der Waals surface area contributed by atoms with Gasteiger partial charge in [-0.05, 0) is 49.4 Å². The lowest BCUT2D eigenvalue weighted by Crippen LogP contribution is -2.42. The van der Waals surface area contributed by atoms with E-state index in [9.17, 15) is 9.50 Å². The molecule has 0 amide bonds. The second-order valence-electron chi connectivity index (χ2n) is 5.73. The van der Waals surface area contributed by atoms with Gasteiger partial charge >= 0.3 is 0 Å². The Bertz CT molecular complexity index is 462. The summed E-state index contributed by atoms with van der Waals surface area (Å²) in [6, 6.07) is 3.22. The standard InChI is InChI=1S/C15H23FN2O/c1-9-6-14(12(11(3)17)7-13(9)16)18-5-4-15(19)10(2)8-18/h6-7,10-11,15,19H,4-5,8,17H2,1-3H3/t10?,11-,15?/m0/s1. The van der Waals surface area contributed by atoms with Crippen molar-refractivity contribution < 1.29 is 9.50 Å². The minimum Gasteiger partial charge on any atom is -0.393 e. The predicted octanol–water partition coefficient (Wildman–Crippen LogP) is 2.36. The van der Waals surface area contributed by atoms with E-state index < -0.39 is 0 Å². The van der Waals surface area contributed by atoms with E-state index in [0.717, 1.165) is 30.8 Å². The van der Waals surface area contributed by atoms with E-state index in [2.05, 4.69) is 4.90 Å². The summed E-state index contributed by atoms with van der Waals surface area (Å²) >= 11 is 0. The van der Waals surface area contributed by atoms with Crippen LogP contribution in [0.15, 0.2) is 12.1 Å². The van der Waals surface area contributed by atoms with Crippen molar-refractivity contribution in [1.29, 1.82) is 0 Å². The van der Waals surface area contributed by atoms with Gasteiger partial charge in [-0.2, -0.15) is 0 Å². The maximum absolute atomic E-state index is 13.7. The van der Waals surface area contributed by atoms with Gasteiger partial charge in [0, 0.05) is 24.8 Å². The van der Waals surface area contributed by atoms with Gasteiger partial charge in [0.05, 0.1) is 6.10 Å². The Balaban J connectivity index is 2.35. The summed E-state index contributed by atoms with van der Waals surface area (Å²) in [5, 5.41) is 9.81. The summed E-state index contributed by atoms with van der Waals surface area (Å²) < 4.78 is 13.7. The second-order valence-corrected chi connectivity index (χ2v) is 5.73. The number of piperidine rings is 1. The van der Waals surface area contributed by atoms with Crippen molar-refractivity contribution in [2.24, 2.45) is 11.7 Å². The molecule has 1 aromatic carbocycles. The summed E-state index contributed by atoms with van der Waals surface area (Å²) in [6.07, 6.45) is 0.507. The van der Waals surface area contributed by atoms with Crippen LogP contribution in [0, 0.1) is 18.7 Å². The Morgan fingerprint density at radius 3 is 2.74 bits per heavy atom. The van der Waals surface area contributed by atoms with Crippen molar-refractivity contribution in [3.63, 3.8) is 0 Å². The molecular formula is C15H23FN2O. The molecule has 1 aromatic rings. The van der Waals surface area contributed by atoms with Crippen LogP contribution < -0.4 is 10.6 Å². The Hall–Kier alpha value is -1.13. The summed E-state index contributed by atoms with van der Waals surface area (Å²) in [4.78, 5) is 2.21. The van der Waals surface area contributed by atoms with Gasteiger partial charge in [-0.1, -0.05) is 6.92 Å². The second kappa shape index (κ2) is 5.47. The van der Waals surface area contributed by atoms with Crippen LogP contribution >= 0.6 is 0 Å². The van der Waals surface area contributed by atoms with Crippen LogP contribution in [-0.2, 0) is 0 Å². The van der Waals surface area contributed by atoms with Crippen molar-refractivity contribution in [2.45, 2.75) is 39.3 Å². The van der Waals surface area contributed by atoms with Crippen molar-refractivity contribution >= 4 is 5.69 Å². The molecule has 1 saturated heterocycles. The molecular weight excluding hydrogens is 243 g/mol. The van der Waals surface area contributed by atoms with E-state index >= 15 is 0 Å². The number of hydrogen-bond acceptors (Lipinski definition) is 3. The normalized spacial score (nSPS) is 25.5. The molecule has 0 aliphatic carbocycles. The SMILES string of the molecule is Cc1cc(N2CCC(O)C(C)C2)c([C@H](C)N)cc1F. The molecule has 0 bridgehead atoms. The molecule has 19 heavy (non-hydrogen) atoms. The molecule has 4 heteroatoms. The first-order valence-corrected chi connectivity index (χ1v) is 6.88. The highest BCUT2D eigenvalue weighted by molar-refractivity contribution is 5.57. The summed E-state index contributed by atoms with van der Waals surface area (Å²) in [6.45, 7) is 7.25. The Morgan fingerprint density at radius 1 is 1.47 bits per heavy atom. The zero-order chi connectivity index (χ0) is 14.2. The molecule has 3 nitrogen and oxygen atoms in total. The van der Waals surface area contributed by atoms with Crippen molar-refractivity contribution in [2.75, 3.05) is 18.0 Å². The number of hydrogen-bond donors (Lipinski definition) is 2. The highest BCUT2D eigenvalue weighted by atomic mass is 19.1. The molecule has 3 N–H and O–H groups in total. The average molecular weight is 266 g/mol. The van der Waals surface area contributed by atoms with Gasteiger partial charge in [0.25, 0.3) is 0 Å². The third kappa shape index (κ3) is 2.90. The Morgan fingerprint density at radius 2 is 2.16 bits per heavy atom. The fourth-order valence-corrected chi connectivity index (χ4v) is 2.67. The van der Waals surface area contributed by atoms with Gasteiger partial charge in [-0.15, -0.1) is 0 Å². The lowest BCUT2D eigenvalue weighted by Gasteiger charge is -2.37. The van der Waals surface area contributed by atoms with Crippen LogP contribution in [0.2, 0.25) is 0 Å². The molecule has 1 aliphatic heterocycles. The number of halogens is 1. The maximum atomic E-state index is 13.7. The highest BCUT2D eigenvalue weighted by Gasteiger charge is 2.26. The largest absolute Gasteiger partial charge is 0.393 e. The van der Waals surface area contributed by atoms with Crippen LogP contribution in [-0.4, -0.2) is 24.3 Å². The number of nitrogens with two attached hydrogens (primary N) is 1. The van der Waals surface area contributed by atoms with E-state index in [4.69, 9.17) is 5.73 Å². The predicted molar refractivity (Wildman–Crippen MR) is 75.7 cm³/mol. The van der Waals surface area contributed by atoms with Gasteiger partial charge < -0.3 is 15.7 Å². The number of anilines is 1. The van der Waals surface area contributed by atoms with Gasteiger partial charge in [0.1, 0.15) is 5.82 Å². The number of rotatable bonds is 2. The molecule has 1 heterocycles. The molecule has 3 atom stereocenters. The number of aliphatic hydroxyl groups is 1. The fourth-order valence-electron chi connectivity index (χ4n) is 2.67. The van der Waals surface area contributed by atoms with Gasteiger partial charge in [0.15, 0.2) is 0 Å². The van der Waals surface area contributed by atoms with Crippen molar-refractivity contribution in [3.8, 4) is 0 Å². The molecule has 2 unspecified atom stereocenters. The lowest BCUT2D eigenvalue weighted by molar-refractivity contribution is 0.0970. The Labute approximate surface area is 114 Å². The van der Waals surface area contributed by atoms with E-state index in [-0.39, 0.29) is 23.9 Å². The van der Waals surface area contributed by atoms with E-state index in [1.54, 1.807) is 13.0 Å². The summed E-state index contributed by atoms with van der Waals surface area (Å²) in [7, 11) is 0. The number of aliphatic hydroxyl groups excluding tert-OH is 1. The number of benzene rings is 1. The van der Waals surface area contributed by atoms with Crippen LogP contribution in [0.3, 0.4) is 0 Å². The van der Waals surface area contributed by atoms with E-state index in [0.29, 0.717) is 5.56 Å². The van der Waals surface area contributed by atoms with E-state index in [1.807, 2.05) is 19.9 Å². The molecule has 0 spiro atoms. The molecule has 0 aromatic heterocycles. The highest BCUT2D eigenvalue weighted by Crippen LogP contribution is 2.31. The summed E-state index contributed by atoms with van der Waals surface area (Å²) in [5.41, 5.74) is 8.44. The molecule has 0 radical (unpaired) electrons. The first kappa shape index (κ1) is 14.3. The fraction of sp³-hybridized carbons (Fsp3) is 0.600. The first-order valence-electron chi connectivity index (χ1n) is 6.88. The zero-order valence-electron chi connectivity index (χ0n) is 11.9. The van der Waals surface area contributed by atoms with Gasteiger partial charge in [-0.3, -0.25) is 0 Å². The molecule has 1 fully saturated rings. The molecule has 106 valence electrons. The minimum absolute atomic E-state index is 0.202. The number of nitrogens with zero attached hydrogens (tertiary/aromatic N) is 1. The average Bonchev–Trinajstić information content (AvgIpc) is 2.35. The number of aryl methyl sites for hydroxylation is 1. The lowest BCUT2D eigenvalue weighted by atomic mass is 9.94. The van der Waals surface area contributed by atoms with Crippen LogP contribution in [0.1, 0.15) is 37.4 Å². The molecule has 0 saturated carbocycles.